The van der Waals surface area contributed by atoms with E-state index >= 15 is 0 Å². The minimum absolute atomic E-state index is 0.101. The van der Waals surface area contributed by atoms with Crippen molar-refractivity contribution < 1.29 is 4.79 Å². The molecular weight excluding hydrogens is 410 g/mol. The van der Waals surface area contributed by atoms with Gasteiger partial charge in [0.05, 0.1) is 16.0 Å². The Morgan fingerprint density at radius 3 is 2.39 bits per heavy atom. The fraction of sp³-hybridized carbons (Fsp3) is 0.381. The van der Waals surface area contributed by atoms with Crippen LogP contribution in [0, 0.1) is 0 Å². The predicted molar refractivity (Wildman–Crippen MR) is 123 cm³/mol. The average Bonchev–Trinajstić information content (AvgIpc) is 3.24. The number of hydrogen-bond donors (Lipinski definition) is 1. The number of carbonyl (C=O) groups is 1. The highest BCUT2D eigenvalue weighted by atomic mass is 35.5. The van der Waals surface area contributed by atoms with E-state index in [1.807, 2.05) is 53.9 Å². The standard InChI is InChI=1S/C21H24ClN3OS2/c1-24-8-10-25(11-9-24)19-7-6-17(22)14-18(19)23-20(26)15-2-4-16(5-3-15)21-27-12-13-28-21/h2-7,14,21H,8-13H2,1H3,(H,23,26). The molecule has 0 aromatic heterocycles. The molecule has 7 heteroatoms. The van der Waals surface area contributed by atoms with Gasteiger partial charge in [0.15, 0.2) is 0 Å². The molecule has 0 unspecified atom stereocenters. The van der Waals surface area contributed by atoms with Crippen molar-refractivity contribution in [3.63, 3.8) is 0 Å². The van der Waals surface area contributed by atoms with Crippen molar-refractivity contribution >= 4 is 52.4 Å². The van der Waals surface area contributed by atoms with Gasteiger partial charge in [0, 0.05) is 48.3 Å². The average molecular weight is 434 g/mol. The summed E-state index contributed by atoms with van der Waals surface area (Å²) in [7, 11) is 2.13. The SMILES string of the molecule is CN1CCN(c2ccc(Cl)cc2NC(=O)c2ccc(C3SCCS3)cc2)CC1. The van der Waals surface area contributed by atoms with Crippen molar-refractivity contribution in [2.24, 2.45) is 0 Å². The van der Waals surface area contributed by atoms with Gasteiger partial charge in [-0.15, -0.1) is 23.5 Å². The number of thioether (sulfide) groups is 2. The number of nitrogens with zero attached hydrogens (tertiary/aromatic N) is 2. The molecule has 148 valence electrons. The van der Waals surface area contributed by atoms with E-state index < -0.39 is 0 Å². The van der Waals surface area contributed by atoms with Crippen LogP contribution in [0.2, 0.25) is 5.02 Å². The number of benzene rings is 2. The van der Waals surface area contributed by atoms with Crippen LogP contribution < -0.4 is 10.2 Å². The summed E-state index contributed by atoms with van der Waals surface area (Å²) in [6.45, 7) is 3.89. The zero-order chi connectivity index (χ0) is 19.5. The van der Waals surface area contributed by atoms with Crippen LogP contribution in [0.4, 0.5) is 11.4 Å². The molecule has 2 aliphatic heterocycles. The third-order valence-electron chi connectivity index (χ3n) is 5.12. The molecule has 0 radical (unpaired) electrons. The highest BCUT2D eigenvalue weighted by Gasteiger charge is 2.20. The smallest absolute Gasteiger partial charge is 0.255 e. The normalized spacial score (nSPS) is 18.4. The molecule has 4 rings (SSSR count). The number of carbonyl (C=O) groups excluding carboxylic acids is 1. The molecule has 1 amide bonds. The number of rotatable bonds is 4. The molecule has 0 aliphatic carbocycles. The molecule has 2 heterocycles. The maximum absolute atomic E-state index is 12.9. The van der Waals surface area contributed by atoms with Crippen molar-refractivity contribution in [1.82, 2.24) is 4.90 Å². The van der Waals surface area contributed by atoms with Crippen LogP contribution in [0.25, 0.3) is 0 Å². The zero-order valence-electron chi connectivity index (χ0n) is 15.9. The number of nitrogens with one attached hydrogen (secondary N) is 1. The summed E-state index contributed by atoms with van der Waals surface area (Å²) in [5.74, 6) is 2.29. The number of hydrogen-bond acceptors (Lipinski definition) is 5. The topological polar surface area (TPSA) is 35.6 Å². The van der Waals surface area contributed by atoms with Crippen LogP contribution >= 0.6 is 35.1 Å². The van der Waals surface area contributed by atoms with Crippen molar-refractivity contribution in [1.29, 1.82) is 0 Å². The molecule has 0 spiro atoms. The van der Waals surface area contributed by atoms with Gasteiger partial charge >= 0.3 is 0 Å². The van der Waals surface area contributed by atoms with Crippen molar-refractivity contribution in [2.75, 3.05) is 54.9 Å². The molecule has 2 aliphatic rings. The molecule has 0 saturated carbocycles. The fourth-order valence-electron chi connectivity index (χ4n) is 3.47. The summed E-state index contributed by atoms with van der Waals surface area (Å²) in [5.41, 5.74) is 3.75. The number of likely N-dealkylation sites (N-methyl/N-ethyl adjacent to an activating group) is 1. The molecule has 1 N–H and O–H groups in total. The molecule has 2 fully saturated rings. The highest BCUT2D eigenvalue weighted by Crippen LogP contribution is 2.45. The summed E-state index contributed by atoms with van der Waals surface area (Å²) in [4.78, 5) is 17.5. The Labute approximate surface area is 180 Å². The predicted octanol–water partition coefficient (Wildman–Crippen LogP) is 4.82. The molecule has 2 saturated heterocycles. The van der Waals surface area contributed by atoms with E-state index in [2.05, 4.69) is 34.3 Å². The molecule has 2 aromatic carbocycles. The van der Waals surface area contributed by atoms with Gasteiger partial charge in [-0.1, -0.05) is 23.7 Å². The van der Waals surface area contributed by atoms with E-state index in [0.717, 1.165) is 37.6 Å². The third-order valence-corrected chi connectivity index (χ3v) is 8.46. The lowest BCUT2D eigenvalue weighted by atomic mass is 10.1. The number of amides is 1. The minimum Gasteiger partial charge on any atom is -0.367 e. The Hall–Kier alpha value is -1.34. The van der Waals surface area contributed by atoms with Gasteiger partial charge in [0.1, 0.15) is 0 Å². The Morgan fingerprint density at radius 2 is 1.71 bits per heavy atom. The minimum atomic E-state index is -0.101. The van der Waals surface area contributed by atoms with Crippen LogP contribution in [0.15, 0.2) is 42.5 Å². The van der Waals surface area contributed by atoms with Gasteiger partial charge in [-0.25, -0.2) is 0 Å². The first kappa shape index (κ1) is 20.0. The van der Waals surface area contributed by atoms with Gasteiger partial charge in [-0.05, 0) is 42.9 Å². The van der Waals surface area contributed by atoms with Crippen LogP contribution in [0.1, 0.15) is 20.5 Å². The molecule has 2 aromatic rings. The Morgan fingerprint density at radius 1 is 1.04 bits per heavy atom. The van der Waals surface area contributed by atoms with Crippen LogP contribution in [0.5, 0.6) is 0 Å². The van der Waals surface area contributed by atoms with Crippen LogP contribution in [0.3, 0.4) is 0 Å². The second-order valence-corrected chi connectivity index (χ2v) is 10.3. The van der Waals surface area contributed by atoms with Crippen LogP contribution in [-0.4, -0.2) is 55.5 Å². The first-order valence-electron chi connectivity index (χ1n) is 9.48. The van der Waals surface area contributed by atoms with Crippen molar-refractivity contribution in [3.8, 4) is 0 Å². The monoisotopic (exact) mass is 433 g/mol. The van der Waals surface area contributed by atoms with Gasteiger partial charge in [-0.3, -0.25) is 4.79 Å². The van der Waals surface area contributed by atoms with Gasteiger partial charge < -0.3 is 15.1 Å². The van der Waals surface area contributed by atoms with E-state index in [1.54, 1.807) is 0 Å². The van der Waals surface area contributed by atoms with Crippen molar-refractivity contribution in [2.45, 2.75) is 4.58 Å². The zero-order valence-corrected chi connectivity index (χ0v) is 18.2. The summed E-state index contributed by atoms with van der Waals surface area (Å²) in [6, 6.07) is 13.7. The highest BCUT2D eigenvalue weighted by molar-refractivity contribution is 8.19. The first-order chi connectivity index (χ1) is 13.6. The summed E-state index contributed by atoms with van der Waals surface area (Å²) < 4.78 is 0.494. The summed E-state index contributed by atoms with van der Waals surface area (Å²) in [6.07, 6.45) is 0. The molecule has 0 bridgehead atoms. The quantitative estimate of drug-likeness (QED) is 0.747. The van der Waals surface area contributed by atoms with Gasteiger partial charge in [0.25, 0.3) is 5.91 Å². The number of halogens is 1. The Balaban J connectivity index is 1.50. The van der Waals surface area contributed by atoms with Gasteiger partial charge in [0.2, 0.25) is 0 Å². The van der Waals surface area contributed by atoms with Crippen molar-refractivity contribution in [3.05, 3.63) is 58.6 Å². The lowest BCUT2D eigenvalue weighted by Crippen LogP contribution is -2.44. The molecule has 4 nitrogen and oxygen atoms in total. The lowest BCUT2D eigenvalue weighted by Gasteiger charge is -2.35. The third kappa shape index (κ3) is 4.62. The summed E-state index contributed by atoms with van der Waals surface area (Å²) in [5, 5.41) is 3.70. The second kappa shape index (κ2) is 8.99. The van der Waals surface area contributed by atoms with E-state index in [0.29, 0.717) is 15.2 Å². The Kier molecular flexibility index (Phi) is 6.41. The molecular formula is C21H24ClN3OS2. The van der Waals surface area contributed by atoms with E-state index in [9.17, 15) is 4.79 Å². The second-order valence-electron chi connectivity index (χ2n) is 7.10. The lowest BCUT2D eigenvalue weighted by molar-refractivity contribution is 0.102. The van der Waals surface area contributed by atoms with E-state index in [1.165, 1.54) is 17.1 Å². The largest absolute Gasteiger partial charge is 0.367 e. The fourth-order valence-corrected chi connectivity index (χ4v) is 6.50. The van der Waals surface area contributed by atoms with E-state index in [-0.39, 0.29) is 5.91 Å². The van der Waals surface area contributed by atoms with E-state index in [4.69, 9.17) is 11.6 Å². The maximum Gasteiger partial charge on any atom is 0.255 e. The van der Waals surface area contributed by atoms with Crippen LogP contribution in [-0.2, 0) is 0 Å². The van der Waals surface area contributed by atoms with Gasteiger partial charge in [-0.2, -0.15) is 0 Å². The Bertz CT molecular complexity index is 832. The maximum atomic E-state index is 12.9. The summed E-state index contributed by atoms with van der Waals surface area (Å²) >= 11 is 10.2. The number of piperazine rings is 1. The molecule has 0 atom stereocenters. The molecule has 28 heavy (non-hydrogen) atoms. The number of anilines is 2. The first-order valence-corrected chi connectivity index (χ1v) is 12.0.